The van der Waals surface area contributed by atoms with Gasteiger partial charge in [-0.1, -0.05) is 0 Å². The topological polar surface area (TPSA) is 84.2 Å². The van der Waals surface area contributed by atoms with Crippen molar-refractivity contribution in [3.63, 3.8) is 0 Å². The summed E-state index contributed by atoms with van der Waals surface area (Å²) in [6.07, 6.45) is 5.39. The number of nitrogens with zero attached hydrogens (tertiary/aromatic N) is 2. The number of rotatable bonds is 0. The number of halogens is 1. The summed E-state index contributed by atoms with van der Waals surface area (Å²) in [5.41, 5.74) is 0. The van der Waals surface area contributed by atoms with Crippen molar-refractivity contribution in [1.82, 2.24) is 9.55 Å². The van der Waals surface area contributed by atoms with Gasteiger partial charge in [-0.05, 0) is 4.20 Å². The summed E-state index contributed by atoms with van der Waals surface area (Å²) in [6, 6.07) is 0. The molecule has 0 saturated heterocycles. The first kappa shape index (κ1) is 9.57. The van der Waals surface area contributed by atoms with Crippen molar-refractivity contribution in [2.75, 3.05) is 0 Å². The number of hydrogen-bond donors (Lipinski definition) is 1. The van der Waals surface area contributed by atoms with Gasteiger partial charge in [0.05, 0.1) is 6.33 Å². The van der Waals surface area contributed by atoms with Crippen LogP contribution >= 0.6 is 0 Å². The first-order valence-corrected chi connectivity index (χ1v) is 4.30. The Morgan fingerprint density at radius 1 is 1.60 bits per heavy atom. The van der Waals surface area contributed by atoms with Crippen molar-refractivity contribution < 1.29 is 27.4 Å². The average molecular weight is 211 g/mol. The zero-order valence-electron chi connectivity index (χ0n) is 5.27. The molecule has 1 N–H and O–H groups in total. The SMILES string of the molecule is Cn1ccnc1.[O-][Br+2]([O-])O. The average Bonchev–Trinajstić information content (AvgIpc) is 2.15. The molecule has 1 aromatic heterocycles. The highest BCUT2D eigenvalue weighted by Gasteiger charge is 1.86. The van der Waals surface area contributed by atoms with Crippen LogP contribution in [0.2, 0.25) is 0 Å². The van der Waals surface area contributed by atoms with Gasteiger partial charge in [0, 0.05) is 19.4 Å². The third-order valence-corrected chi connectivity index (χ3v) is 0.637. The van der Waals surface area contributed by atoms with Gasteiger partial charge in [-0.2, -0.15) is 0 Å². The summed E-state index contributed by atoms with van der Waals surface area (Å²) in [5, 5.41) is 0. The van der Waals surface area contributed by atoms with Crippen LogP contribution in [0.25, 0.3) is 0 Å². The van der Waals surface area contributed by atoms with Crippen molar-refractivity contribution in [3.05, 3.63) is 18.7 Å². The molecule has 1 heterocycles. The third-order valence-electron chi connectivity index (χ3n) is 0.637. The maximum atomic E-state index is 8.63. The smallest absolute Gasteiger partial charge is 0.372 e. The lowest BCUT2D eigenvalue weighted by Gasteiger charge is -1.76. The van der Waals surface area contributed by atoms with E-state index in [2.05, 4.69) is 4.98 Å². The quantitative estimate of drug-likeness (QED) is 0.513. The molecule has 10 heavy (non-hydrogen) atoms. The molecule has 0 spiro atoms. The molecule has 0 fully saturated rings. The Morgan fingerprint density at radius 3 is 2.20 bits per heavy atom. The van der Waals surface area contributed by atoms with Gasteiger partial charge in [-0.15, -0.1) is 0 Å². The maximum Gasteiger partial charge on any atom is 0.433 e. The molecule has 0 radical (unpaired) electrons. The molecule has 1 rings (SSSR count). The van der Waals surface area contributed by atoms with Gasteiger partial charge < -0.3 is 13.0 Å². The van der Waals surface area contributed by atoms with Crippen LogP contribution in [-0.2, 0) is 7.05 Å². The van der Waals surface area contributed by atoms with Crippen molar-refractivity contribution in [2.45, 2.75) is 0 Å². The molecule has 5 nitrogen and oxygen atoms in total. The standard InChI is InChI=1S/C4H6N2.BrHO3/c1-6-3-2-5-4-6;2-1(3)4/h2-4H,1H3;2H. The molecular weight excluding hydrogens is 204 g/mol. The molecule has 0 unspecified atom stereocenters. The highest BCUT2D eigenvalue weighted by atomic mass is 80.0. The minimum absolute atomic E-state index is 1.75. The summed E-state index contributed by atoms with van der Waals surface area (Å²) in [6.45, 7) is 0. The lowest BCUT2D eigenvalue weighted by atomic mass is 10.9. The molecule has 58 valence electrons. The molecule has 0 saturated carbocycles. The van der Waals surface area contributed by atoms with E-state index in [1.807, 2.05) is 17.8 Å². The van der Waals surface area contributed by atoms with E-state index in [-0.39, 0.29) is 0 Å². The van der Waals surface area contributed by atoms with E-state index in [9.17, 15) is 0 Å². The Balaban J connectivity index is 0.000000180. The largest absolute Gasteiger partial charge is 0.433 e. The van der Waals surface area contributed by atoms with Crippen molar-refractivity contribution in [3.8, 4) is 0 Å². The summed E-state index contributed by atoms with van der Waals surface area (Å²) < 4.78 is 26.2. The van der Waals surface area contributed by atoms with Crippen LogP contribution < -0.4 is 8.40 Å². The van der Waals surface area contributed by atoms with Crippen LogP contribution in [0.15, 0.2) is 18.7 Å². The highest BCUT2D eigenvalue weighted by Crippen LogP contribution is 1.73. The molecule has 0 aliphatic carbocycles. The van der Waals surface area contributed by atoms with Crippen molar-refractivity contribution >= 4 is 0 Å². The Bertz CT molecular complexity index is 151. The van der Waals surface area contributed by atoms with Gasteiger partial charge in [0.25, 0.3) is 0 Å². The summed E-state index contributed by atoms with van der Waals surface area (Å²) >= 11 is -3.40. The van der Waals surface area contributed by atoms with E-state index >= 15 is 0 Å². The number of imidazole rings is 1. The zero-order chi connectivity index (χ0) is 7.98. The van der Waals surface area contributed by atoms with Gasteiger partial charge in [0.1, 0.15) is 0 Å². The Hall–Kier alpha value is -0.430. The normalized spacial score (nSPS) is 8.90. The van der Waals surface area contributed by atoms with Crippen molar-refractivity contribution in [2.24, 2.45) is 7.05 Å². The Morgan fingerprint density at radius 2 is 2.10 bits per heavy atom. The van der Waals surface area contributed by atoms with Crippen LogP contribution in [0, 0.1) is 14.8 Å². The van der Waals surface area contributed by atoms with Crippen LogP contribution in [0.1, 0.15) is 0 Å². The fraction of sp³-hybridized carbons (Fsp3) is 0.250. The van der Waals surface area contributed by atoms with Gasteiger partial charge in [0.15, 0.2) is 0 Å². The van der Waals surface area contributed by atoms with E-state index in [4.69, 9.17) is 12.6 Å². The van der Waals surface area contributed by atoms with Crippen LogP contribution in [-0.4, -0.2) is 13.7 Å². The molecule has 0 bridgehead atoms. The summed E-state index contributed by atoms with van der Waals surface area (Å²) in [4.78, 5) is 3.78. The van der Waals surface area contributed by atoms with E-state index in [0.29, 0.717) is 0 Å². The molecule has 6 heteroatoms. The molecule has 0 atom stereocenters. The minimum Gasteiger partial charge on any atom is -0.372 e. The fourth-order valence-electron chi connectivity index (χ4n) is 0.326. The maximum absolute atomic E-state index is 8.63. The molecule has 1 aromatic rings. The van der Waals surface area contributed by atoms with Gasteiger partial charge in [0.2, 0.25) is 0 Å². The van der Waals surface area contributed by atoms with Crippen molar-refractivity contribution in [1.29, 1.82) is 0 Å². The molecule has 0 amide bonds. The number of hydrogen-bond acceptors (Lipinski definition) is 4. The van der Waals surface area contributed by atoms with Crippen LogP contribution in [0.5, 0.6) is 0 Å². The molecular formula is C4H7BrN2O3. The monoisotopic (exact) mass is 210 g/mol. The second-order valence-electron chi connectivity index (χ2n) is 1.43. The second-order valence-corrected chi connectivity index (χ2v) is 2.27. The summed E-state index contributed by atoms with van der Waals surface area (Å²) in [7, 11) is 1.94. The summed E-state index contributed by atoms with van der Waals surface area (Å²) in [5.74, 6) is 0. The minimum atomic E-state index is -3.40. The van der Waals surface area contributed by atoms with Gasteiger partial charge in [-0.3, -0.25) is 0 Å². The van der Waals surface area contributed by atoms with Crippen LogP contribution in [0.3, 0.4) is 0 Å². The lowest BCUT2D eigenvalue weighted by Crippen LogP contribution is -2.30. The highest BCUT2D eigenvalue weighted by molar-refractivity contribution is 4.70. The first-order valence-electron chi connectivity index (χ1n) is 2.29. The number of aromatic nitrogens is 2. The molecule has 0 aliphatic rings. The predicted octanol–water partition coefficient (Wildman–Crippen LogP) is -2.51. The lowest BCUT2D eigenvalue weighted by molar-refractivity contribution is -1.63. The van der Waals surface area contributed by atoms with Crippen LogP contribution in [0.4, 0.5) is 0 Å². The Labute approximate surface area is 63.4 Å². The Kier molecular flexibility index (Phi) is 5.13. The van der Waals surface area contributed by atoms with E-state index in [0.717, 1.165) is 0 Å². The van der Waals surface area contributed by atoms with Gasteiger partial charge in [-0.25, -0.2) is 4.98 Å². The number of aryl methyl sites for hydroxylation is 1. The predicted molar refractivity (Wildman–Crippen MR) is 25.4 cm³/mol. The zero-order valence-corrected chi connectivity index (χ0v) is 6.85. The molecule has 0 aromatic carbocycles. The molecule has 0 aliphatic heterocycles. The van der Waals surface area contributed by atoms with E-state index < -0.39 is 14.8 Å². The first-order chi connectivity index (χ1) is 4.63. The second kappa shape index (κ2) is 5.36. The fourth-order valence-corrected chi connectivity index (χ4v) is 0.326. The third kappa shape index (κ3) is 7.57. The van der Waals surface area contributed by atoms with E-state index in [1.54, 1.807) is 12.5 Å². The van der Waals surface area contributed by atoms with E-state index in [1.165, 1.54) is 0 Å². The van der Waals surface area contributed by atoms with Gasteiger partial charge >= 0.3 is 14.8 Å².